The molecule has 1 atom stereocenters. The van der Waals surface area contributed by atoms with Crippen molar-refractivity contribution in [1.29, 1.82) is 0 Å². The number of benzene rings is 2. The highest BCUT2D eigenvalue weighted by atomic mass is 32.1. The Labute approximate surface area is 208 Å². The van der Waals surface area contributed by atoms with Crippen LogP contribution in [0.1, 0.15) is 20.8 Å². The fourth-order valence-electron chi connectivity index (χ4n) is 4.07. The number of hydrogen-bond acceptors (Lipinski definition) is 5. The zero-order chi connectivity index (χ0) is 24.8. The summed E-state index contributed by atoms with van der Waals surface area (Å²) in [4.78, 5) is 31.9. The molecule has 0 spiro atoms. The van der Waals surface area contributed by atoms with Crippen LogP contribution in [-0.2, 0) is 17.6 Å². The number of H-pyrrole nitrogens is 1. The van der Waals surface area contributed by atoms with Crippen molar-refractivity contribution in [2.75, 3.05) is 27.8 Å². The average molecular weight is 492 g/mol. The molecule has 0 saturated carbocycles. The molecule has 0 radical (unpaired) electrons. The summed E-state index contributed by atoms with van der Waals surface area (Å²) < 4.78 is 10.7. The summed E-state index contributed by atoms with van der Waals surface area (Å²) >= 11 is 1.35. The number of likely N-dealkylation sites (N-methyl/N-ethyl adjacent to an activating group) is 1. The molecule has 0 bridgehead atoms. The van der Waals surface area contributed by atoms with E-state index in [0.717, 1.165) is 22.0 Å². The van der Waals surface area contributed by atoms with Gasteiger partial charge in [-0.2, -0.15) is 0 Å². The summed E-state index contributed by atoms with van der Waals surface area (Å²) in [5.74, 6) is 0.933. The van der Waals surface area contributed by atoms with Crippen LogP contribution in [0.3, 0.4) is 0 Å². The van der Waals surface area contributed by atoms with Gasteiger partial charge in [-0.25, -0.2) is 0 Å². The fourth-order valence-corrected chi connectivity index (χ4v) is 4.69. The number of aromatic nitrogens is 1. The van der Waals surface area contributed by atoms with Crippen molar-refractivity contribution in [2.24, 2.45) is 0 Å². The van der Waals surface area contributed by atoms with Gasteiger partial charge in [0.25, 0.3) is 5.91 Å². The second-order valence-corrected chi connectivity index (χ2v) is 9.21. The minimum atomic E-state index is -0.695. The van der Waals surface area contributed by atoms with Crippen LogP contribution in [0.5, 0.6) is 11.5 Å². The number of aromatic amines is 1. The van der Waals surface area contributed by atoms with Crippen LogP contribution < -0.4 is 14.8 Å². The number of hydrogen-bond donors (Lipinski definition) is 2. The Bertz CT molecular complexity index is 1300. The standard InChI is InChI=1S/C27H29N3O4S/c1-30(13-12-18-10-11-23(33-2)24(15-18)34-3)27(32)22(29-26(31)25-9-6-14-35-25)16-19-17-28-21-8-5-4-7-20(19)21/h4-11,14-15,17,22,28H,12-13,16H2,1-3H3,(H,29,31). The lowest BCUT2D eigenvalue weighted by atomic mass is 10.0. The normalized spacial score (nSPS) is 11.7. The molecule has 2 aromatic carbocycles. The summed E-state index contributed by atoms with van der Waals surface area (Å²) in [6.45, 7) is 0.494. The van der Waals surface area contributed by atoms with Crippen molar-refractivity contribution in [2.45, 2.75) is 18.9 Å². The van der Waals surface area contributed by atoms with E-state index in [4.69, 9.17) is 9.47 Å². The Morgan fingerprint density at radius 2 is 1.86 bits per heavy atom. The molecule has 1 unspecified atom stereocenters. The van der Waals surface area contributed by atoms with E-state index >= 15 is 0 Å². The molecule has 0 saturated heterocycles. The predicted molar refractivity (Wildman–Crippen MR) is 138 cm³/mol. The first kappa shape index (κ1) is 24.3. The predicted octanol–water partition coefficient (Wildman–Crippen LogP) is 4.29. The number of methoxy groups -OCH3 is 2. The van der Waals surface area contributed by atoms with Crippen LogP contribution in [0.2, 0.25) is 0 Å². The fraction of sp³-hybridized carbons (Fsp3) is 0.259. The number of amides is 2. The number of nitrogens with one attached hydrogen (secondary N) is 2. The Kier molecular flexibility index (Phi) is 7.72. The monoisotopic (exact) mass is 491 g/mol. The number of carbonyl (C=O) groups is 2. The molecule has 35 heavy (non-hydrogen) atoms. The molecular formula is C27H29N3O4S. The number of carbonyl (C=O) groups excluding carboxylic acids is 2. The second kappa shape index (κ2) is 11.1. The Morgan fingerprint density at radius 1 is 1.06 bits per heavy atom. The van der Waals surface area contributed by atoms with Crippen LogP contribution in [0, 0.1) is 0 Å². The van der Waals surface area contributed by atoms with Gasteiger partial charge in [0, 0.05) is 37.1 Å². The molecule has 0 fully saturated rings. The zero-order valence-electron chi connectivity index (χ0n) is 20.0. The molecular weight excluding hydrogens is 462 g/mol. The van der Waals surface area contributed by atoms with Gasteiger partial charge in [0.1, 0.15) is 6.04 Å². The van der Waals surface area contributed by atoms with Gasteiger partial charge < -0.3 is 24.7 Å². The molecule has 0 aliphatic rings. The number of fused-ring (bicyclic) bond motifs is 1. The third-order valence-corrected chi connectivity index (χ3v) is 6.88. The van der Waals surface area contributed by atoms with Gasteiger partial charge in [-0.3, -0.25) is 9.59 Å². The minimum Gasteiger partial charge on any atom is -0.493 e. The van der Waals surface area contributed by atoms with Crippen molar-refractivity contribution >= 4 is 34.1 Å². The summed E-state index contributed by atoms with van der Waals surface area (Å²) in [5.41, 5.74) is 3.01. The lowest BCUT2D eigenvalue weighted by Gasteiger charge is -2.25. The molecule has 2 amide bonds. The molecule has 182 valence electrons. The van der Waals surface area contributed by atoms with Gasteiger partial charge in [0.05, 0.1) is 19.1 Å². The van der Waals surface area contributed by atoms with E-state index in [1.54, 1.807) is 32.2 Å². The first-order valence-corrected chi connectivity index (χ1v) is 12.2. The molecule has 4 aromatic rings. The third kappa shape index (κ3) is 5.66. The van der Waals surface area contributed by atoms with Crippen LogP contribution in [0.15, 0.2) is 66.2 Å². The maximum absolute atomic E-state index is 13.5. The van der Waals surface area contributed by atoms with Crippen LogP contribution in [-0.4, -0.2) is 55.6 Å². The number of rotatable bonds is 10. The van der Waals surface area contributed by atoms with Gasteiger partial charge in [-0.1, -0.05) is 30.3 Å². The third-order valence-electron chi connectivity index (χ3n) is 6.01. The maximum atomic E-state index is 13.5. The highest BCUT2D eigenvalue weighted by Crippen LogP contribution is 2.28. The number of thiophene rings is 1. The number of nitrogens with zero attached hydrogens (tertiary/aromatic N) is 1. The summed E-state index contributed by atoms with van der Waals surface area (Å²) in [6, 6.07) is 16.6. The first-order valence-electron chi connectivity index (χ1n) is 11.4. The van der Waals surface area contributed by atoms with Gasteiger partial charge in [-0.15, -0.1) is 11.3 Å². The van der Waals surface area contributed by atoms with Crippen molar-refractivity contribution < 1.29 is 19.1 Å². The number of para-hydroxylation sites is 1. The smallest absolute Gasteiger partial charge is 0.262 e. The minimum absolute atomic E-state index is 0.138. The molecule has 2 N–H and O–H groups in total. The molecule has 0 aliphatic carbocycles. The summed E-state index contributed by atoms with van der Waals surface area (Å²) in [7, 11) is 4.97. The van der Waals surface area contributed by atoms with E-state index in [2.05, 4.69) is 10.3 Å². The molecule has 7 nitrogen and oxygen atoms in total. The highest BCUT2D eigenvalue weighted by molar-refractivity contribution is 7.12. The van der Waals surface area contributed by atoms with E-state index in [0.29, 0.717) is 35.8 Å². The van der Waals surface area contributed by atoms with Crippen LogP contribution in [0.4, 0.5) is 0 Å². The second-order valence-electron chi connectivity index (χ2n) is 8.27. The van der Waals surface area contributed by atoms with Gasteiger partial charge in [-0.05, 0) is 47.2 Å². The Balaban J connectivity index is 1.50. The summed E-state index contributed by atoms with van der Waals surface area (Å²) in [5, 5.41) is 5.86. The summed E-state index contributed by atoms with van der Waals surface area (Å²) in [6.07, 6.45) is 2.94. The molecule has 2 heterocycles. The van der Waals surface area contributed by atoms with Gasteiger partial charge in [0.15, 0.2) is 11.5 Å². The Hall–Kier alpha value is -3.78. The SMILES string of the molecule is COc1ccc(CCN(C)C(=O)C(Cc2c[nH]c3ccccc23)NC(=O)c2cccs2)cc1OC. The van der Waals surface area contributed by atoms with Crippen LogP contribution in [0.25, 0.3) is 10.9 Å². The Morgan fingerprint density at radius 3 is 2.60 bits per heavy atom. The zero-order valence-corrected chi connectivity index (χ0v) is 20.9. The van der Waals surface area contributed by atoms with E-state index < -0.39 is 6.04 Å². The van der Waals surface area contributed by atoms with E-state index in [9.17, 15) is 9.59 Å². The topological polar surface area (TPSA) is 83.7 Å². The van der Waals surface area contributed by atoms with Gasteiger partial charge in [0.2, 0.25) is 5.91 Å². The highest BCUT2D eigenvalue weighted by Gasteiger charge is 2.26. The van der Waals surface area contributed by atoms with Crippen molar-refractivity contribution in [1.82, 2.24) is 15.2 Å². The van der Waals surface area contributed by atoms with Crippen molar-refractivity contribution in [3.05, 3.63) is 82.2 Å². The molecule has 2 aromatic heterocycles. The quantitative estimate of drug-likeness (QED) is 0.347. The van der Waals surface area contributed by atoms with Crippen molar-refractivity contribution in [3.63, 3.8) is 0 Å². The molecule has 0 aliphatic heterocycles. The maximum Gasteiger partial charge on any atom is 0.262 e. The van der Waals surface area contributed by atoms with Crippen molar-refractivity contribution in [3.8, 4) is 11.5 Å². The largest absolute Gasteiger partial charge is 0.493 e. The average Bonchev–Trinajstić information content (AvgIpc) is 3.57. The van der Waals surface area contributed by atoms with Crippen LogP contribution >= 0.6 is 11.3 Å². The van der Waals surface area contributed by atoms with E-state index in [1.165, 1.54) is 11.3 Å². The van der Waals surface area contributed by atoms with E-state index in [-0.39, 0.29) is 11.8 Å². The first-order chi connectivity index (χ1) is 17.0. The van der Waals surface area contributed by atoms with E-state index in [1.807, 2.05) is 60.1 Å². The molecule has 8 heteroatoms. The number of ether oxygens (including phenoxy) is 2. The lowest BCUT2D eigenvalue weighted by Crippen LogP contribution is -2.48. The lowest BCUT2D eigenvalue weighted by molar-refractivity contribution is -0.131. The molecule has 4 rings (SSSR count). The van der Waals surface area contributed by atoms with Gasteiger partial charge >= 0.3 is 0 Å².